The topological polar surface area (TPSA) is 43.9 Å². The second-order valence-corrected chi connectivity index (χ2v) is 8.67. The van der Waals surface area contributed by atoms with Crippen molar-refractivity contribution >= 4 is 11.9 Å². The van der Waals surface area contributed by atoms with Gasteiger partial charge in [-0.25, -0.2) is 9.18 Å². The first-order valence-electron chi connectivity index (χ1n) is 10.8. The largest absolute Gasteiger partial charge is 0.416 e. The highest BCUT2D eigenvalue weighted by Gasteiger charge is 2.45. The number of benzene rings is 2. The normalized spacial score (nSPS) is 20.7. The molecule has 2 saturated heterocycles. The predicted octanol–water partition coefficient (Wildman–Crippen LogP) is 4.75. The highest BCUT2D eigenvalue weighted by atomic mass is 19.4. The van der Waals surface area contributed by atoms with Crippen molar-refractivity contribution in [2.75, 3.05) is 20.1 Å². The summed E-state index contributed by atoms with van der Waals surface area (Å²) in [7, 11) is 1.49. The van der Waals surface area contributed by atoms with Gasteiger partial charge >= 0.3 is 12.2 Å². The van der Waals surface area contributed by atoms with E-state index in [1.807, 2.05) is 36.1 Å². The van der Waals surface area contributed by atoms with Crippen LogP contribution in [0.1, 0.15) is 41.1 Å². The summed E-state index contributed by atoms with van der Waals surface area (Å²) in [6.07, 6.45) is -3.63. The van der Waals surface area contributed by atoms with Crippen LogP contribution >= 0.6 is 0 Å². The third-order valence-corrected chi connectivity index (χ3v) is 6.44. The van der Waals surface area contributed by atoms with Gasteiger partial charge in [-0.05, 0) is 48.2 Å². The molecule has 0 saturated carbocycles. The standard InChI is InChI=1S/C24H25F4N3O2/c1-15-5-3-4-6-19(15)22-20-7-8-21(32)30(20)9-10-31(22)23(33)29(2)14-16-11-17(24(26,27)28)13-18(25)12-16/h3-6,11-13,20,22H,7-10,14H2,1-2H3. The Hall–Kier alpha value is -3.10. The first kappa shape index (κ1) is 23.1. The monoisotopic (exact) mass is 463 g/mol. The van der Waals surface area contributed by atoms with E-state index in [9.17, 15) is 27.2 Å². The maximum atomic E-state index is 13.8. The first-order valence-corrected chi connectivity index (χ1v) is 10.8. The van der Waals surface area contributed by atoms with Gasteiger partial charge in [-0.3, -0.25) is 4.79 Å². The molecule has 2 aliphatic rings. The Morgan fingerprint density at radius 1 is 1.15 bits per heavy atom. The average Bonchev–Trinajstić information content (AvgIpc) is 3.13. The van der Waals surface area contributed by atoms with Crippen molar-refractivity contribution in [3.05, 3.63) is 70.5 Å². The number of hydrogen-bond donors (Lipinski definition) is 0. The molecule has 2 aliphatic heterocycles. The first-order chi connectivity index (χ1) is 15.6. The second-order valence-electron chi connectivity index (χ2n) is 8.67. The molecule has 3 amide bonds. The highest BCUT2D eigenvalue weighted by Crippen LogP contribution is 2.39. The van der Waals surface area contributed by atoms with Gasteiger partial charge in [-0.15, -0.1) is 0 Å². The van der Waals surface area contributed by atoms with Crippen LogP contribution in [-0.2, 0) is 17.5 Å². The summed E-state index contributed by atoms with van der Waals surface area (Å²) in [6.45, 7) is 2.48. The number of rotatable bonds is 3. The summed E-state index contributed by atoms with van der Waals surface area (Å²) in [6, 6.07) is 9.09. The number of hydrogen-bond acceptors (Lipinski definition) is 2. The molecule has 176 valence electrons. The van der Waals surface area contributed by atoms with Crippen LogP contribution in [0.15, 0.2) is 42.5 Å². The summed E-state index contributed by atoms with van der Waals surface area (Å²) < 4.78 is 53.1. The molecule has 0 aliphatic carbocycles. The van der Waals surface area contributed by atoms with Gasteiger partial charge in [-0.2, -0.15) is 13.2 Å². The van der Waals surface area contributed by atoms with Crippen LogP contribution in [0.25, 0.3) is 0 Å². The number of amides is 3. The lowest BCUT2D eigenvalue weighted by molar-refractivity contribution is -0.138. The molecule has 0 radical (unpaired) electrons. The van der Waals surface area contributed by atoms with Crippen molar-refractivity contribution in [1.29, 1.82) is 0 Å². The molecule has 2 atom stereocenters. The van der Waals surface area contributed by atoms with Crippen LogP contribution in [0.2, 0.25) is 0 Å². The van der Waals surface area contributed by atoms with E-state index in [-0.39, 0.29) is 36.1 Å². The van der Waals surface area contributed by atoms with Gasteiger partial charge in [0.15, 0.2) is 0 Å². The molecule has 0 bridgehead atoms. The highest BCUT2D eigenvalue weighted by molar-refractivity contribution is 5.81. The molecule has 2 heterocycles. The van der Waals surface area contributed by atoms with Gasteiger partial charge < -0.3 is 14.7 Å². The molecule has 2 fully saturated rings. The van der Waals surface area contributed by atoms with Crippen LogP contribution in [0.4, 0.5) is 22.4 Å². The van der Waals surface area contributed by atoms with E-state index >= 15 is 0 Å². The van der Waals surface area contributed by atoms with E-state index < -0.39 is 17.6 Å². The van der Waals surface area contributed by atoms with Crippen LogP contribution in [-0.4, -0.2) is 52.8 Å². The fraction of sp³-hybridized carbons (Fsp3) is 0.417. The zero-order valence-electron chi connectivity index (χ0n) is 18.4. The average molecular weight is 463 g/mol. The third-order valence-electron chi connectivity index (χ3n) is 6.44. The van der Waals surface area contributed by atoms with E-state index in [2.05, 4.69) is 0 Å². The maximum Gasteiger partial charge on any atom is 0.416 e. The van der Waals surface area contributed by atoms with Gasteiger partial charge in [0.1, 0.15) is 5.82 Å². The van der Waals surface area contributed by atoms with Crippen LogP contribution < -0.4 is 0 Å². The number of halogens is 4. The Balaban J connectivity index is 1.61. The van der Waals surface area contributed by atoms with Gasteiger partial charge in [0.05, 0.1) is 17.6 Å². The van der Waals surface area contributed by atoms with Crippen molar-refractivity contribution < 1.29 is 27.2 Å². The smallest absolute Gasteiger partial charge is 0.335 e. The Morgan fingerprint density at radius 3 is 2.58 bits per heavy atom. The van der Waals surface area contributed by atoms with Crippen LogP contribution in [0.3, 0.4) is 0 Å². The Bertz CT molecular complexity index is 1070. The lowest BCUT2D eigenvalue weighted by atomic mass is 9.91. The van der Waals surface area contributed by atoms with E-state index in [1.54, 1.807) is 4.90 Å². The summed E-state index contributed by atoms with van der Waals surface area (Å²) in [5.74, 6) is -0.935. The molecule has 33 heavy (non-hydrogen) atoms. The van der Waals surface area contributed by atoms with E-state index in [0.29, 0.717) is 32.0 Å². The number of urea groups is 1. The number of nitrogens with zero attached hydrogens (tertiary/aromatic N) is 3. The zero-order chi connectivity index (χ0) is 23.9. The fourth-order valence-electron chi connectivity index (χ4n) is 4.91. The Labute approximate surface area is 189 Å². The molecule has 0 N–H and O–H groups in total. The lowest BCUT2D eigenvalue weighted by Crippen LogP contribution is -2.57. The van der Waals surface area contributed by atoms with Gasteiger partial charge in [0.2, 0.25) is 5.91 Å². The lowest BCUT2D eigenvalue weighted by Gasteiger charge is -2.46. The van der Waals surface area contributed by atoms with E-state index in [4.69, 9.17) is 0 Å². The number of fused-ring (bicyclic) bond motifs is 1. The van der Waals surface area contributed by atoms with Crippen molar-refractivity contribution in [3.8, 4) is 0 Å². The maximum absolute atomic E-state index is 13.8. The number of alkyl halides is 3. The summed E-state index contributed by atoms with van der Waals surface area (Å²) >= 11 is 0. The van der Waals surface area contributed by atoms with E-state index in [0.717, 1.165) is 23.3 Å². The molecule has 4 rings (SSSR count). The van der Waals surface area contributed by atoms with Crippen molar-refractivity contribution in [3.63, 3.8) is 0 Å². The Morgan fingerprint density at radius 2 is 1.88 bits per heavy atom. The van der Waals surface area contributed by atoms with Crippen LogP contribution in [0.5, 0.6) is 0 Å². The molecular weight excluding hydrogens is 438 g/mol. The minimum absolute atomic E-state index is 0.0558. The van der Waals surface area contributed by atoms with Crippen LogP contribution in [0, 0.1) is 12.7 Å². The minimum Gasteiger partial charge on any atom is -0.335 e. The molecule has 0 aromatic heterocycles. The van der Waals surface area contributed by atoms with Crippen molar-refractivity contribution in [2.24, 2.45) is 0 Å². The fourth-order valence-corrected chi connectivity index (χ4v) is 4.91. The van der Waals surface area contributed by atoms with Gasteiger partial charge in [-0.1, -0.05) is 24.3 Å². The predicted molar refractivity (Wildman–Crippen MR) is 114 cm³/mol. The molecule has 0 spiro atoms. The SMILES string of the molecule is Cc1ccccc1C1C2CCC(=O)N2CCN1C(=O)N(C)Cc1cc(F)cc(C(F)(F)F)c1. The minimum atomic E-state index is -4.68. The molecule has 2 unspecified atom stereocenters. The molecular formula is C24H25F4N3O2. The van der Waals surface area contributed by atoms with E-state index in [1.165, 1.54) is 11.9 Å². The number of carbonyl (C=O) groups is 2. The summed E-state index contributed by atoms with van der Waals surface area (Å²) in [5.41, 5.74) is 0.896. The number of carbonyl (C=O) groups excluding carboxylic acids is 2. The van der Waals surface area contributed by atoms with Crippen molar-refractivity contribution in [1.82, 2.24) is 14.7 Å². The molecule has 5 nitrogen and oxygen atoms in total. The Kier molecular flexibility index (Phi) is 6.07. The molecule has 2 aromatic carbocycles. The summed E-state index contributed by atoms with van der Waals surface area (Å²) in [5, 5.41) is 0. The molecule has 2 aromatic rings. The van der Waals surface area contributed by atoms with Gasteiger partial charge in [0.25, 0.3) is 0 Å². The quantitative estimate of drug-likeness (QED) is 0.617. The van der Waals surface area contributed by atoms with Crippen molar-refractivity contribution in [2.45, 2.75) is 44.6 Å². The second kappa shape index (κ2) is 8.68. The summed E-state index contributed by atoms with van der Waals surface area (Å²) in [4.78, 5) is 30.6. The number of aryl methyl sites for hydroxylation is 1. The zero-order valence-corrected chi connectivity index (χ0v) is 18.4. The molecule has 9 heteroatoms. The van der Waals surface area contributed by atoms with Gasteiger partial charge in [0, 0.05) is 33.1 Å². The number of piperazine rings is 1. The third kappa shape index (κ3) is 4.54.